The van der Waals surface area contributed by atoms with Crippen molar-refractivity contribution in [2.45, 2.75) is 32.6 Å². The summed E-state index contributed by atoms with van der Waals surface area (Å²) in [4.78, 5) is 14.4. The van der Waals surface area contributed by atoms with Crippen molar-refractivity contribution in [2.75, 3.05) is 13.1 Å². The first-order chi connectivity index (χ1) is 10.2. The SMILES string of the molecule is CCC1CCCN(CCc2cn(C)c3ccccc23)C1=O. The average Bonchev–Trinajstić information content (AvgIpc) is 2.83. The van der Waals surface area contributed by atoms with E-state index in [0.717, 1.165) is 38.8 Å². The number of amides is 1. The fourth-order valence-corrected chi connectivity index (χ4v) is 3.50. The Kier molecular flexibility index (Phi) is 4.00. The Balaban J connectivity index is 1.73. The molecule has 112 valence electrons. The van der Waals surface area contributed by atoms with Gasteiger partial charge in [-0.05, 0) is 37.3 Å². The number of fused-ring (bicyclic) bond motifs is 1. The van der Waals surface area contributed by atoms with Crippen molar-refractivity contribution in [2.24, 2.45) is 13.0 Å². The zero-order valence-electron chi connectivity index (χ0n) is 13.0. The molecule has 1 unspecified atom stereocenters. The fraction of sp³-hybridized carbons (Fsp3) is 0.500. The summed E-state index contributed by atoms with van der Waals surface area (Å²) in [5.41, 5.74) is 2.61. The zero-order chi connectivity index (χ0) is 14.8. The van der Waals surface area contributed by atoms with Gasteiger partial charge in [-0.25, -0.2) is 0 Å². The molecule has 0 bridgehead atoms. The highest BCUT2D eigenvalue weighted by Crippen LogP contribution is 2.23. The second-order valence-corrected chi connectivity index (χ2v) is 6.11. The largest absolute Gasteiger partial charge is 0.350 e. The third-order valence-corrected chi connectivity index (χ3v) is 4.76. The molecule has 1 atom stereocenters. The molecule has 1 fully saturated rings. The summed E-state index contributed by atoms with van der Waals surface area (Å²) in [6.45, 7) is 3.90. The Morgan fingerprint density at radius 1 is 1.29 bits per heavy atom. The van der Waals surface area contributed by atoms with E-state index in [4.69, 9.17) is 0 Å². The van der Waals surface area contributed by atoms with Gasteiger partial charge in [0, 0.05) is 43.2 Å². The highest BCUT2D eigenvalue weighted by molar-refractivity contribution is 5.84. The van der Waals surface area contributed by atoms with Gasteiger partial charge in [-0.1, -0.05) is 25.1 Å². The molecule has 21 heavy (non-hydrogen) atoms. The third-order valence-electron chi connectivity index (χ3n) is 4.76. The smallest absolute Gasteiger partial charge is 0.225 e. The summed E-state index contributed by atoms with van der Waals surface area (Å²) in [6.07, 6.45) is 6.35. The number of nitrogens with zero attached hydrogens (tertiary/aromatic N) is 2. The van der Waals surface area contributed by atoms with Gasteiger partial charge in [-0.2, -0.15) is 0 Å². The van der Waals surface area contributed by atoms with Crippen molar-refractivity contribution >= 4 is 16.8 Å². The molecule has 3 heteroatoms. The number of rotatable bonds is 4. The lowest BCUT2D eigenvalue weighted by molar-refractivity contribution is -0.138. The number of carbonyl (C=O) groups excluding carboxylic acids is 1. The molecule has 1 aromatic heterocycles. The zero-order valence-corrected chi connectivity index (χ0v) is 13.0. The quantitative estimate of drug-likeness (QED) is 0.845. The number of piperidine rings is 1. The number of aryl methyl sites for hydroxylation is 1. The van der Waals surface area contributed by atoms with E-state index in [1.54, 1.807) is 0 Å². The second kappa shape index (κ2) is 5.92. The second-order valence-electron chi connectivity index (χ2n) is 6.11. The molecule has 0 spiro atoms. The van der Waals surface area contributed by atoms with Gasteiger partial charge < -0.3 is 9.47 Å². The summed E-state index contributed by atoms with van der Waals surface area (Å²) >= 11 is 0. The van der Waals surface area contributed by atoms with Gasteiger partial charge >= 0.3 is 0 Å². The van der Waals surface area contributed by atoms with E-state index in [1.807, 2.05) is 0 Å². The van der Waals surface area contributed by atoms with Crippen LogP contribution < -0.4 is 0 Å². The molecule has 1 saturated heterocycles. The molecule has 0 N–H and O–H groups in total. The molecule has 3 rings (SSSR count). The van der Waals surface area contributed by atoms with Crippen LogP contribution in [-0.2, 0) is 18.3 Å². The summed E-state index contributed by atoms with van der Waals surface area (Å²) < 4.78 is 2.18. The number of hydrogen-bond donors (Lipinski definition) is 0. The lowest BCUT2D eigenvalue weighted by Gasteiger charge is -2.31. The van der Waals surface area contributed by atoms with Crippen LogP contribution in [0.3, 0.4) is 0 Å². The van der Waals surface area contributed by atoms with Crippen LogP contribution in [0.2, 0.25) is 0 Å². The molecule has 0 aliphatic carbocycles. The maximum absolute atomic E-state index is 12.4. The van der Waals surface area contributed by atoms with Crippen molar-refractivity contribution < 1.29 is 4.79 Å². The monoisotopic (exact) mass is 284 g/mol. The van der Waals surface area contributed by atoms with E-state index >= 15 is 0 Å². The van der Waals surface area contributed by atoms with Gasteiger partial charge in [0.05, 0.1) is 0 Å². The standard InChI is InChI=1S/C18H24N2O/c1-3-14-7-6-11-20(18(14)21)12-10-15-13-19(2)17-9-5-4-8-16(15)17/h4-5,8-9,13-14H,3,6-7,10-12H2,1-2H3. The molecule has 0 saturated carbocycles. The predicted octanol–water partition coefficient (Wildman–Crippen LogP) is 3.37. The Labute approximate surface area is 126 Å². The third kappa shape index (κ3) is 2.69. The maximum Gasteiger partial charge on any atom is 0.225 e. The number of aromatic nitrogens is 1. The summed E-state index contributed by atoms with van der Waals surface area (Å²) in [5, 5.41) is 1.32. The molecular formula is C18H24N2O. The molecule has 1 aliphatic rings. The normalized spacial score (nSPS) is 19.4. The first kappa shape index (κ1) is 14.2. The van der Waals surface area contributed by atoms with Gasteiger partial charge in [0.15, 0.2) is 0 Å². The summed E-state index contributed by atoms with van der Waals surface area (Å²) in [5.74, 6) is 0.621. The summed E-state index contributed by atoms with van der Waals surface area (Å²) in [6, 6.07) is 8.49. The van der Waals surface area contributed by atoms with Crippen LogP contribution in [0.5, 0.6) is 0 Å². The van der Waals surface area contributed by atoms with Gasteiger partial charge in [0.2, 0.25) is 5.91 Å². The summed E-state index contributed by atoms with van der Waals surface area (Å²) in [7, 11) is 2.09. The van der Waals surface area contributed by atoms with E-state index in [1.165, 1.54) is 16.5 Å². The van der Waals surface area contributed by atoms with Gasteiger partial charge in [-0.15, -0.1) is 0 Å². The fourth-order valence-electron chi connectivity index (χ4n) is 3.50. The lowest BCUT2D eigenvalue weighted by atomic mass is 9.94. The number of benzene rings is 1. The Hall–Kier alpha value is -1.77. The van der Waals surface area contributed by atoms with Crippen LogP contribution >= 0.6 is 0 Å². The maximum atomic E-state index is 12.4. The van der Waals surface area contributed by atoms with Crippen molar-refractivity contribution in [3.05, 3.63) is 36.0 Å². The van der Waals surface area contributed by atoms with Gasteiger partial charge in [0.25, 0.3) is 0 Å². The molecule has 1 aliphatic heterocycles. The molecule has 2 aromatic rings. The van der Waals surface area contributed by atoms with Crippen LogP contribution in [0, 0.1) is 5.92 Å². The van der Waals surface area contributed by atoms with Crippen LogP contribution in [-0.4, -0.2) is 28.5 Å². The minimum atomic E-state index is 0.256. The van der Waals surface area contributed by atoms with Crippen molar-refractivity contribution in [3.8, 4) is 0 Å². The number of hydrogen-bond acceptors (Lipinski definition) is 1. The van der Waals surface area contributed by atoms with E-state index in [2.05, 4.69) is 53.9 Å². The average molecular weight is 284 g/mol. The number of para-hydroxylation sites is 1. The van der Waals surface area contributed by atoms with Crippen molar-refractivity contribution in [1.82, 2.24) is 9.47 Å². The topological polar surface area (TPSA) is 25.2 Å². The Morgan fingerprint density at radius 3 is 2.90 bits per heavy atom. The Bertz CT molecular complexity index is 644. The predicted molar refractivity (Wildman–Crippen MR) is 86.2 cm³/mol. The lowest BCUT2D eigenvalue weighted by Crippen LogP contribution is -2.42. The number of carbonyl (C=O) groups is 1. The first-order valence-corrected chi connectivity index (χ1v) is 8.02. The van der Waals surface area contributed by atoms with E-state index < -0.39 is 0 Å². The molecule has 3 nitrogen and oxygen atoms in total. The van der Waals surface area contributed by atoms with Crippen LogP contribution in [0.15, 0.2) is 30.5 Å². The molecular weight excluding hydrogens is 260 g/mol. The van der Waals surface area contributed by atoms with Crippen molar-refractivity contribution in [3.63, 3.8) is 0 Å². The number of likely N-dealkylation sites (tertiary alicyclic amines) is 1. The highest BCUT2D eigenvalue weighted by Gasteiger charge is 2.26. The van der Waals surface area contributed by atoms with Gasteiger partial charge in [-0.3, -0.25) is 4.79 Å². The minimum absolute atomic E-state index is 0.256. The van der Waals surface area contributed by atoms with Crippen LogP contribution in [0.1, 0.15) is 31.7 Å². The van der Waals surface area contributed by atoms with Gasteiger partial charge in [0.1, 0.15) is 0 Å². The first-order valence-electron chi connectivity index (χ1n) is 8.02. The molecule has 2 heterocycles. The molecule has 0 radical (unpaired) electrons. The minimum Gasteiger partial charge on any atom is -0.350 e. The van der Waals surface area contributed by atoms with Crippen LogP contribution in [0.4, 0.5) is 0 Å². The van der Waals surface area contributed by atoms with E-state index in [-0.39, 0.29) is 5.92 Å². The highest BCUT2D eigenvalue weighted by atomic mass is 16.2. The molecule has 1 aromatic carbocycles. The van der Waals surface area contributed by atoms with E-state index in [9.17, 15) is 4.79 Å². The van der Waals surface area contributed by atoms with Crippen molar-refractivity contribution in [1.29, 1.82) is 0 Å². The Morgan fingerprint density at radius 2 is 2.10 bits per heavy atom. The molecule has 1 amide bonds. The van der Waals surface area contributed by atoms with Crippen LogP contribution in [0.25, 0.3) is 10.9 Å². The van der Waals surface area contributed by atoms with E-state index in [0.29, 0.717) is 5.91 Å².